The van der Waals surface area contributed by atoms with E-state index in [1.165, 1.54) is 7.11 Å². The molecule has 0 aliphatic carbocycles. The molecule has 0 heterocycles. The van der Waals surface area contributed by atoms with Gasteiger partial charge in [-0.15, -0.1) is 0 Å². The molecule has 0 aromatic heterocycles. The van der Waals surface area contributed by atoms with E-state index in [9.17, 15) is 9.59 Å². The zero-order valence-corrected chi connectivity index (χ0v) is 19.9. The van der Waals surface area contributed by atoms with Crippen LogP contribution in [0.3, 0.4) is 0 Å². The predicted octanol–water partition coefficient (Wildman–Crippen LogP) is 5.55. The minimum absolute atomic E-state index is 0.221. The third-order valence-electron chi connectivity index (χ3n) is 5.49. The van der Waals surface area contributed by atoms with Crippen molar-refractivity contribution in [1.29, 1.82) is 0 Å². The summed E-state index contributed by atoms with van der Waals surface area (Å²) < 4.78 is 16.6. The van der Waals surface area contributed by atoms with Crippen LogP contribution in [-0.4, -0.2) is 25.6 Å². The average molecular weight is 462 g/mol. The van der Waals surface area contributed by atoms with E-state index in [0.29, 0.717) is 36.5 Å². The van der Waals surface area contributed by atoms with Crippen molar-refractivity contribution < 1.29 is 23.8 Å². The Bertz CT molecular complexity index is 1100. The summed E-state index contributed by atoms with van der Waals surface area (Å²) in [4.78, 5) is 25.3. The molecule has 178 valence electrons. The van der Waals surface area contributed by atoms with E-state index in [1.54, 1.807) is 19.1 Å². The van der Waals surface area contributed by atoms with Crippen LogP contribution in [0.1, 0.15) is 41.8 Å². The molecule has 0 bridgehead atoms. The fraction of sp³-hybridized carbons (Fsp3) is 0.286. The summed E-state index contributed by atoms with van der Waals surface area (Å²) in [5, 5.41) is 2.96. The lowest BCUT2D eigenvalue weighted by molar-refractivity contribution is -0.148. The minimum Gasteiger partial charge on any atom is -0.496 e. The van der Waals surface area contributed by atoms with E-state index in [1.807, 2.05) is 67.6 Å². The monoisotopic (exact) mass is 461 g/mol. The molecule has 0 aliphatic rings. The number of amides is 1. The number of benzene rings is 3. The third-order valence-corrected chi connectivity index (χ3v) is 5.49. The fourth-order valence-electron chi connectivity index (χ4n) is 3.63. The molecule has 3 aromatic carbocycles. The van der Waals surface area contributed by atoms with Crippen molar-refractivity contribution in [2.45, 2.75) is 33.2 Å². The highest BCUT2D eigenvalue weighted by Gasteiger charge is 2.20. The van der Waals surface area contributed by atoms with Gasteiger partial charge in [0.25, 0.3) is 5.91 Å². The maximum absolute atomic E-state index is 13.1. The summed E-state index contributed by atoms with van der Waals surface area (Å²) in [6.07, 6.45) is 1.15. The molecule has 0 radical (unpaired) electrons. The normalized spacial score (nSPS) is 11.4. The van der Waals surface area contributed by atoms with Gasteiger partial charge in [-0.2, -0.15) is 0 Å². The lowest BCUT2D eigenvalue weighted by Gasteiger charge is -2.16. The van der Waals surface area contributed by atoms with Gasteiger partial charge in [0.2, 0.25) is 0 Å². The number of nitrogens with one attached hydrogen (secondary N) is 1. The van der Waals surface area contributed by atoms with E-state index in [0.717, 1.165) is 16.9 Å². The Morgan fingerprint density at radius 3 is 2.35 bits per heavy atom. The summed E-state index contributed by atoms with van der Waals surface area (Å²) in [5.74, 6) is 1.13. The van der Waals surface area contributed by atoms with Crippen LogP contribution in [0.15, 0.2) is 72.8 Å². The quantitative estimate of drug-likeness (QED) is 0.379. The van der Waals surface area contributed by atoms with Crippen molar-refractivity contribution in [3.63, 3.8) is 0 Å². The molecular weight excluding hydrogens is 430 g/mol. The Kier molecular flexibility index (Phi) is 9.09. The van der Waals surface area contributed by atoms with Gasteiger partial charge in [-0.1, -0.05) is 49.4 Å². The summed E-state index contributed by atoms with van der Waals surface area (Å²) in [5.41, 5.74) is 2.14. The second-order valence-electron chi connectivity index (χ2n) is 7.80. The van der Waals surface area contributed by atoms with E-state index in [4.69, 9.17) is 14.2 Å². The Hall–Kier alpha value is -3.80. The van der Waals surface area contributed by atoms with Crippen LogP contribution in [-0.2, 0) is 22.5 Å². The molecule has 0 saturated carbocycles. The van der Waals surface area contributed by atoms with Gasteiger partial charge < -0.3 is 19.5 Å². The number of rotatable bonds is 11. The van der Waals surface area contributed by atoms with E-state index in [2.05, 4.69) is 5.32 Å². The van der Waals surface area contributed by atoms with Crippen LogP contribution >= 0.6 is 0 Å². The van der Waals surface area contributed by atoms with Crippen LogP contribution in [0, 0.1) is 5.92 Å². The van der Waals surface area contributed by atoms with Crippen LogP contribution < -0.4 is 14.8 Å². The van der Waals surface area contributed by atoms with E-state index in [-0.39, 0.29) is 24.3 Å². The molecular formula is C28H31NO5. The van der Waals surface area contributed by atoms with E-state index >= 15 is 0 Å². The zero-order chi connectivity index (χ0) is 24.3. The van der Waals surface area contributed by atoms with Crippen molar-refractivity contribution in [2.75, 3.05) is 13.7 Å². The van der Waals surface area contributed by atoms with Crippen LogP contribution in [0.2, 0.25) is 0 Å². The summed E-state index contributed by atoms with van der Waals surface area (Å²) in [7, 11) is 1.53. The molecule has 34 heavy (non-hydrogen) atoms. The molecule has 1 unspecified atom stereocenters. The Morgan fingerprint density at radius 2 is 1.65 bits per heavy atom. The first-order valence-corrected chi connectivity index (χ1v) is 11.5. The molecule has 3 aromatic rings. The average Bonchev–Trinajstić information content (AvgIpc) is 2.87. The van der Waals surface area contributed by atoms with Crippen LogP contribution in [0.4, 0.5) is 0 Å². The second-order valence-corrected chi connectivity index (χ2v) is 7.80. The summed E-state index contributed by atoms with van der Waals surface area (Å²) in [6.45, 7) is 4.38. The molecule has 6 heteroatoms. The third kappa shape index (κ3) is 6.61. The Labute approximate surface area is 200 Å². The summed E-state index contributed by atoms with van der Waals surface area (Å²) in [6, 6.07) is 22.5. The standard InChI is InChI=1S/C28H31NO5/c1-4-21(28(31)33-5-2)17-20-15-16-26(32-3)24(18-20)27(30)29-19-22-11-9-10-14-25(22)34-23-12-7-6-8-13-23/h6-16,18,21H,4-5,17,19H2,1-3H3,(H,29,30). The number of carbonyl (C=O) groups excluding carboxylic acids is 2. The highest BCUT2D eigenvalue weighted by Crippen LogP contribution is 2.26. The topological polar surface area (TPSA) is 73.9 Å². The maximum atomic E-state index is 13.1. The van der Waals surface area contributed by atoms with Crippen LogP contribution in [0.5, 0.6) is 17.2 Å². The Balaban J connectivity index is 1.73. The highest BCUT2D eigenvalue weighted by atomic mass is 16.5. The maximum Gasteiger partial charge on any atom is 0.309 e. The molecule has 1 N–H and O–H groups in total. The predicted molar refractivity (Wildman–Crippen MR) is 131 cm³/mol. The van der Waals surface area contributed by atoms with Gasteiger partial charge >= 0.3 is 5.97 Å². The lowest BCUT2D eigenvalue weighted by atomic mass is 9.95. The van der Waals surface area contributed by atoms with Gasteiger partial charge in [0.15, 0.2) is 0 Å². The van der Waals surface area contributed by atoms with Gasteiger partial charge in [0.1, 0.15) is 17.2 Å². The summed E-state index contributed by atoms with van der Waals surface area (Å²) >= 11 is 0. The lowest BCUT2D eigenvalue weighted by Crippen LogP contribution is -2.24. The molecule has 0 saturated heterocycles. The number of methoxy groups -OCH3 is 1. The highest BCUT2D eigenvalue weighted by molar-refractivity contribution is 5.97. The van der Waals surface area contributed by atoms with Crippen LogP contribution in [0.25, 0.3) is 0 Å². The number of ether oxygens (including phenoxy) is 3. The molecule has 0 fully saturated rings. The van der Waals surface area contributed by atoms with Crippen molar-refractivity contribution in [2.24, 2.45) is 5.92 Å². The first kappa shape index (κ1) is 24.8. The first-order valence-electron chi connectivity index (χ1n) is 11.5. The van der Waals surface area contributed by atoms with Crippen molar-refractivity contribution in [3.8, 4) is 17.2 Å². The van der Waals surface area contributed by atoms with Gasteiger partial charge in [-0.3, -0.25) is 9.59 Å². The molecule has 3 rings (SSSR count). The number of carbonyl (C=O) groups is 2. The number of hydrogen-bond acceptors (Lipinski definition) is 5. The molecule has 0 aliphatic heterocycles. The Morgan fingerprint density at radius 1 is 0.912 bits per heavy atom. The molecule has 1 amide bonds. The number of para-hydroxylation sites is 2. The zero-order valence-electron chi connectivity index (χ0n) is 19.9. The smallest absolute Gasteiger partial charge is 0.309 e. The van der Waals surface area contributed by atoms with Crippen molar-refractivity contribution in [1.82, 2.24) is 5.32 Å². The minimum atomic E-state index is -0.266. The van der Waals surface area contributed by atoms with Gasteiger partial charge in [0, 0.05) is 12.1 Å². The second kappa shape index (κ2) is 12.4. The molecule has 0 spiro atoms. The number of hydrogen-bond donors (Lipinski definition) is 1. The molecule has 6 nitrogen and oxygen atoms in total. The fourth-order valence-corrected chi connectivity index (χ4v) is 3.63. The van der Waals surface area contributed by atoms with Gasteiger partial charge in [-0.05, 0) is 55.7 Å². The first-order chi connectivity index (χ1) is 16.5. The van der Waals surface area contributed by atoms with Gasteiger partial charge in [-0.25, -0.2) is 0 Å². The largest absolute Gasteiger partial charge is 0.496 e. The van der Waals surface area contributed by atoms with E-state index < -0.39 is 0 Å². The molecule has 1 atom stereocenters. The van der Waals surface area contributed by atoms with Gasteiger partial charge in [0.05, 0.1) is 25.2 Å². The SMILES string of the molecule is CCOC(=O)C(CC)Cc1ccc(OC)c(C(=O)NCc2ccccc2Oc2ccccc2)c1. The van der Waals surface area contributed by atoms with Crippen molar-refractivity contribution in [3.05, 3.63) is 89.5 Å². The van der Waals surface area contributed by atoms with Crippen molar-refractivity contribution >= 4 is 11.9 Å². The number of esters is 1.